The van der Waals surface area contributed by atoms with Crippen molar-refractivity contribution in [1.29, 1.82) is 0 Å². The van der Waals surface area contributed by atoms with Gasteiger partial charge >= 0.3 is 0 Å². The number of rotatable bonds is 7. The third-order valence-corrected chi connectivity index (χ3v) is 7.36. The lowest BCUT2D eigenvalue weighted by atomic mass is 10.2. The molecule has 9 heteroatoms. The first-order chi connectivity index (χ1) is 15.9. The van der Waals surface area contributed by atoms with Crippen LogP contribution in [0.3, 0.4) is 0 Å². The number of ether oxygens (including phenoxy) is 1. The van der Waals surface area contributed by atoms with Crippen molar-refractivity contribution in [2.24, 2.45) is 4.99 Å². The van der Waals surface area contributed by atoms with Crippen molar-refractivity contribution in [3.8, 4) is 5.75 Å². The van der Waals surface area contributed by atoms with Gasteiger partial charge in [-0.15, -0.1) is 0 Å². The number of aryl methyl sites for hydroxylation is 1. The van der Waals surface area contributed by atoms with Crippen molar-refractivity contribution < 1.29 is 17.9 Å². The minimum absolute atomic E-state index is 0.167. The molecular weight excluding hydrogens is 458 g/mol. The van der Waals surface area contributed by atoms with Crippen LogP contribution < -0.4 is 14.3 Å². The first-order valence-corrected chi connectivity index (χ1v) is 12.7. The number of anilines is 1. The van der Waals surface area contributed by atoms with E-state index in [-0.39, 0.29) is 4.90 Å². The van der Waals surface area contributed by atoms with Crippen molar-refractivity contribution in [2.75, 3.05) is 11.3 Å². The maximum atomic E-state index is 12.8. The number of thiazole rings is 1. The predicted octanol–water partition coefficient (Wildman–Crippen LogP) is 4.66. The number of carbonyl (C=O) groups is 1. The van der Waals surface area contributed by atoms with Crippen LogP contribution >= 0.6 is 11.3 Å². The van der Waals surface area contributed by atoms with Crippen molar-refractivity contribution in [2.45, 2.75) is 25.3 Å². The monoisotopic (exact) mass is 481 g/mol. The molecule has 1 amide bonds. The van der Waals surface area contributed by atoms with Crippen LogP contribution in [0.4, 0.5) is 5.69 Å². The Morgan fingerprint density at radius 2 is 1.73 bits per heavy atom. The normalized spacial score (nSPS) is 12.1. The van der Waals surface area contributed by atoms with Crippen LogP contribution in [0, 0.1) is 0 Å². The molecule has 0 atom stereocenters. The summed E-state index contributed by atoms with van der Waals surface area (Å²) in [6, 6.07) is 20.1. The molecule has 0 saturated carbocycles. The molecule has 4 aromatic rings. The molecule has 0 saturated heterocycles. The van der Waals surface area contributed by atoms with Gasteiger partial charge in [0.2, 0.25) is 0 Å². The molecule has 1 N–H and O–H groups in total. The molecule has 33 heavy (non-hydrogen) atoms. The minimum Gasteiger partial charge on any atom is -0.492 e. The quantitative estimate of drug-likeness (QED) is 0.416. The van der Waals surface area contributed by atoms with Crippen LogP contribution in [0.25, 0.3) is 10.2 Å². The lowest BCUT2D eigenvalue weighted by Crippen LogP contribution is -2.16. The molecule has 0 spiro atoms. The number of hydrogen-bond acceptors (Lipinski definition) is 5. The van der Waals surface area contributed by atoms with E-state index in [1.807, 2.05) is 36.6 Å². The summed E-state index contributed by atoms with van der Waals surface area (Å²) in [5, 5.41) is 0. The van der Waals surface area contributed by atoms with E-state index in [1.54, 1.807) is 42.5 Å². The number of fused-ring (bicyclic) bond motifs is 1. The number of sulfonamides is 1. The third kappa shape index (κ3) is 4.84. The molecule has 170 valence electrons. The van der Waals surface area contributed by atoms with Gasteiger partial charge < -0.3 is 9.30 Å². The maximum absolute atomic E-state index is 12.8. The van der Waals surface area contributed by atoms with Crippen molar-refractivity contribution >= 4 is 43.2 Å². The van der Waals surface area contributed by atoms with E-state index in [0.717, 1.165) is 16.0 Å². The second-order valence-electron chi connectivity index (χ2n) is 7.08. The van der Waals surface area contributed by atoms with E-state index in [4.69, 9.17) is 4.74 Å². The number of carbonyl (C=O) groups excluding carboxylic acids is 1. The SMILES string of the molecule is CCOc1cccc2sc(=NC(=O)c3ccc(NS(=O)(=O)c4ccccc4)cc3)n(CC)c12. The van der Waals surface area contributed by atoms with Crippen LogP contribution in [0.2, 0.25) is 0 Å². The fourth-order valence-electron chi connectivity index (χ4n) is 3.39. The van der Waals surface area contributed by atoms with Gasteiger partial charge in [-0.05, 0) is 62.4 Å². The van der Waals surface area contributed by atoms with Crippen LogP contribution in [0.1, 0.15) is 24.2 Å². The van der Waals surface area contributed by atoms with Gasteiger partial charge in [-0.1, -0.05) is 35.6 Å². The van der Waals surface area contributed by atoms with Gasteiger partial charge in [-0.2, -0.15) is 4.99 Å². The minimum atomic E-state index is -3.70. The van der Waals surface area contributed by atoms with Gasteiger partial charge in [-0.3, -0.25) is 9.52 Å². The number of aromatic nitrogens is 1. The standard InChI is InChI=1S/C24H23N3O4S2/c1-3-27-22-20(31-4-2)11-8-12-21(22)32-24(27)25-23(28)17-13-15-18(16-14-17)26-33(29,30)19-9-6-5-7-10-19/h5-16,26H,3-4H2,1-2H3. The van der Waals surface area contributed by atoms with E-state index >= 15 is 0 Å². The molecule has 4 rings (SSSR count). The fourth-order valence-corrected chi connectivity index (χ4v) is 5.58. The fraction of sp³-hybridized carbons (Fsp3) is 0.167. The summed E-state index contributed by atoms with van der Waals surface area (Å²) < 4.78 is 36.2. The largest absolute Gasteiger partial charge is 0.492 e. The van der Waals surface area contributed by atoms with Crippen LogP contribution in [-0.4, -0.2) is 25.5 Å². The number of amides is 1. The molecular formula is C24H23N3O4S2. The van der Waals surface area contributed by atoms with Crippen LogP contribution in [0.5, 0.6) is 5.75 Å². The highest BCUT2D eigenvalue weighted by Crippen LogP contribution is 2.27. The highest BCUT2D eigenvalue weighted by atomic mass is 32.2. The Kier molecular flexibility index (Phi) is 6.62. The van der Waals surface area contributed by atoms with Crippen LogP contribution in [0.15, 0.2) is 82.7 Å². The Balaban J connectivity index is 1.62. The predicted molar refractivity (Wildman–Crippen MR) is 130 cm³/mol. The summed E-state index contributed by atoms with van der Waals surface area (Å²) >= 11 is 1.42. The van der Waals surface area contributed by atoms with Crippen molar-refractivity contribution in [3.63, 3.8) is 0 Å². The average molecular weight is 482 g/mol. The molecule has 0 aliphatic carbocycles. The molecule has 1 heterocycles. The highest BCUT2D eigenvalue weighted by Gasteiger charge is 2.15. The number of para-hydroxylation sites is 1. The molecule has 0 aliphatic rings. The number of nitrogens with one attached hydrogen (secondary N) is 1. The first kappa shape index (κ1) is 22.8. The van der Waals surface area contributed by atoms with Gasteiger partial charge in [0.05, 0.1) is 16.2 Å². The van der Waals surface area contributed by atoms with E-state index < -0.39 is 15.9 Å². The second kappa shape index (κ2) is 9.60. The lowest BCUT2D eigenvalue weighted by molar-refractivity contribution is 0.0998. The van der Waals surface area contributed by atoms with Gasteiger partial charge in [0.25, 0.3) is 15.9 Å². The van der Waals surface area contributed by atoms with Gasteiger partial charge in [0.15, 0.2) is 4.80 Å². The summed E-state index contributed by atoms with van der Waals surface area (Å²) in [7, 11) is -3.70. The first-order valence-electron chi connectivity index (χ1n) is 10.4. The summed E-state index contributed by atoms with van der Waals surface area (Å²) in [6.07, 6.45) is 0. The Morgan fingerprint density at radius 1 is 1.00 bits per heavy atom. The Labute approximate surface area is 196 Å². The molecule has 3 aromatic carbocycles. The van der Waals surface area contributed by atoms with Crippen LogP contribution in [-0.2, 0) is 16.6 Å². The second-order valence-corrected chi connectivity index (χ2v) is 9.77. The smallest absolute Gasteiger partial charge is 0.279 e. The maximum Gasteiger partial charge on any atom is 0.279 e. The molecule has 0 unspecified atom stereocenters. The summed E-state index contributed by atoms with van der Waals surface area (Å²) in [5.74, 6) is 0.358. The molecule has 0 radical (unpaired) electrons. The zero-order valence-electron chi connectivity index (χ0n) is 18.2. The van der Waals surface area contributed by atoms with Gasteiger partial charge in [0, 0.05) is 17.8 Å². The molecule has 0 fully saturated rings. The Hall–Kier alpha value is -3.43. The van der Waals surface area contributed by atoms with E-state index in [2.05, 4.69) is 9.71 Å². The molecule has 1 aromatic heterocycles. The number of nitrogens with zero attached hydrogens (tertiary/aromatic N) is 2. The molecule has 0 bridgehead atoms. The van der Waals surface area contributed by atoms with Crippen molar-refractivity contribution in [1.82, 2.24) is 4.57 Å². The molecule has 0 aliphatic heterocycles. The van der Waals surface area contributed by atoms with E-state index in [1.165, 1.54) is 23.5 Å². The van der Waals surface area contributed by atoms with E-state index in [0.29, 0.717) is 29.2 Å². The number of hydrogen-bond donors (Lipinski definition) is 1. The van der Waals surface area contributed by atoms with Gasteiger partial charge in [0.1, 0.15) is 11.3 Å². The Morgan fingerprint density at radius 3 is 2.39 bits per heavy atom. The molecule has 7 nitrogen and oxygen atoms in total. The zero-order chi connectivity index (χ0) is 23.4. The van der Waals surface area contributed by atoms with Gasteiger partial charge in [-0.25, -0.2) is 8.42 Å². The lowest BCUT2D eigenvalue weighted by Gasteiger charge is -2.08. The highest BCUT2D eigenvalue weighted by molar-refractivity contribution is 7.92. The third-order valence-electron chi connectivity index (χ3n) is 4.91. The summed E-state index contributed by atoms with van der Waals surface area (Å²) in [6.45, 7) is 5.10. The van der Waals surface area contributed by atoms with E-state index in [9.17, 15) is 13.2 Å². The zero-order valence-corrected chi connectivity index (χ0v) is 19.8. The average Bonchev–Trinajstić information content (AvgIpc) is 3.18. The summed E-state index contributed by atoms with van der Waals surface area (Å²) in [4.78, 5) is 17.9. The topological polar surface area (TPSA) is 89.8 Å². The van der Waals surface area contributed by atoms with Crippen molar-refractivity contribution in [3.05, 3.63) is 83.2 Å². The number of benzene rings is 3. The Bertz CT molecular complexity index is 1460. The summed E-state index contributed by atoms with van der Waals surface area (Å²) in [5.41, 5.74) is 1.65.